The van der Waals surface area contributed by atoms with Crippen molar-refractivity contribution in [1.82, 2.24) is 4.98 Å². The number of aromatic nitrogens is 1. The van der Waals surface area contributed by atoms with Gasteiger partial charge >= 0.3 is 5.97 Å². The van der Waals surface area contributed by atoms with Crippen LogP contribution in [0.5, 0.6) is 0 Å². The van der Waals surface area contributed by atoms with Crippen molar-refractivity contribution in [1.29, 1.82) is 0 Å². The second-order valence-electron chi connectivity index (χ2n) is 4.62. The third-order valence-electron chi connectivity index (χ3n) is 3.31. The summed E-state index contributed by atoms with van der Waals surface area (Å²) in [5, 5.41) is 18.7. The number of nitrogens with zero attached hydrogens (tertiary/aromatic N) is 2. The van der Waals surface area contributed by atoms with Gasteiger partial charge in [-0.3, -0.25) is 0 Å². The maximum atomic E-state index is 12.9. The predicted octanol–water partition coefficient (Wildman–Crippen LogP) is 0.945. The third kappa shape index (κ3) is 2.28. The topological polar surface area (TPSA) is 73.7 Å². The molecule has 6 heteroatoms. The molecule has 1 saturated heterocycles. The molecule has 0 bridgehead atoms. The Balaban J connectivity index is 2.12. The number of piperidine rings is 1. The summed E-state index contributed by atoms with van der Waals surface area (Å²) in [5.74, 6) is -0.940. The molecule has 1 aromatic heterocycles. The van der Waals surface area contributed by atoms with Gasteiger partial charge in [-0.1, -0.05) is 0 Å². The minimum atomic E-state index is -1.65. The van der Waals surface area contributed by atoms with Gasteiger partial charge in [0.2, 0.25) is 0 Å². The zero-order chi connectivity index (χ0) is 13.3. The van der Waals surface area contributed by atoms with Crippen molar-refractivity contribution in [2.24, 2.45) is 0 Å². The summed E-state index contributed by atoms with van der Waals surface area (Å²) in [7, 11) is 0. The van der Waals surface area contributed by atoms with E-state index in [2.05, 4.69) is 4.98 Å². The Morgan fingerprint density at radius 1 is 1.50 bits per heavy atom. The van der Waals surface area contributed by atoms with Gasteiger partial charge in [-0.15, -0.1) is 0 Å². The Hall–Kier alpha value is -1.69. The molecule has 2 N–H and O–H groups in total. The molecule has 98 valence electrons. The molecule has 1 aliphatic rings. The highest BCUT2D eigenvalue weighted by atomic mass is 19.1. The number of rotatable bonds is 2. The van der Waals surface area contributed by atoms with Gasteiger partial charge in [0.15, 0.2) is 5.60 Å². The molecule has 5 nitrogen and oxygen atoms in total. The Kier molecular flexibility index (Phi) is 3.21. The average molecular weight is 254 g/mol. The first kappa shape index (κ1) is 12.8. The Labute approximate surface area is 104 Å². The van der Waals surface area contributed by atoms with Crippen LogP contribution in [0.15, 0.2) is 12.3 Å². The van der Waals surface area contributed by atoms with Crippen LogP contribution < -0.4 is 4.90 Å². The number of aliphatic hydroxyl groups is 1. The van der Waals surface area contributed by atoms with Gasteiger partial charge in [-0.25, -0.2) is 14.2 Å². The molecule has 0 atom stereocenters. The highest BCUT2D eigenvalue weighted by Crippen LogP contribution is 2.27. The minimum absolute atomic E-state index is 0.140. The maximum absolute atomic E-state index is 12.9. The van der Waals surface area contributed by atoms with E-state index in [0.717, 1.165) is 6.20 Å². The van der Waals surface area contributed by atoms with Crippen molar-refractivity contribution < 1.29 is 19.4 Å². The van der Waals surface area contributed by atoms with Gasteiger partial charge in [0.25, 0.3) is 0 Å². The fourth-order valence-electron chi connectivity index (χ4n) is 2.17. The second-order valence-corrected chi connectivity index (χ2v) is 4.62. The number of carboxylic acid groups (broad SMARTS) is 1. The van der Waals surface area contributed by atoms with E-state index in [0.29, 0.717) is 24.5 Å². The first-order valence-corrected chi connectivity index (χ1v) is 5.75. The molecular formula is C12H15FN2O3. The van der Waals surface area contributed by atoms with Crippen molar-refractivity contribution in [2.45, 2.75) is 25.4 Å². The molecule has 2 heterocycles. The Morgan fingerprint density at radius 2 is 2.11 bits per heavy atom. The van der Waals surface area contributed by atoms with Crippen molar-refractivity contribution >= 4 is 11.8 Å². The van der Waals surface area contributed by atoms with E-state index in [4.69, 9.17) is 5.11 Å². The number of anilines is 1. The van der Waals surface area contributed by atoms with E-state index in [-0.39, 0.29) is 12.8 Å². The van der Waals surface area contributed by atoms with Crippen LogP contribution in [-0.2, 0) is 4.79 Å². The number of carboxylic acids is 1. The van der Waals surface area contributed by atoms with Crippen molar-refractivity contribution in [3.63, 3.8) is 0 Å². The highest BCUT2D eigenvalue weighted by Gasteiger charge is 2.39. The molecule has 0 amide bonds. The zero-order valence-corrected chi connectivity index (χ0v) is 10.1. The summed E-state index contributed by atoms with van der Waals surface area (Å²) >= 11 is 0. The number of aliphatic carboxylic acids is 1. The van der Waals surface area contributed by atoms with Gasteiger partial charge < -0.3 is 15.1 Å². The summed E-state index contributed by atoms with van der Waals surface area (Å²) in [5.41, 5.74) is -0.944. The fraction of sp³-hybridized carbons (Fsp3) is 0.500. The van der Waals surface area contributed by atoms with E-state index in [1.807, 2.05) is 4.90 Å². The van der Waals surface area contributed by atoms with Crippen LogP contribution in [0.1, 0.15) is 18.4 Å². The molecule has 0 unspecified atom stereocenters. The van der Waals surface area contributed by atoms with Gasteiger partial charge in [0.1, 0.15) is 11.6 Å². The number of pyridine rings is 1. The standard InChI is InChI=1S/C12H15FN2O3/c1-8-6-9(13)7-14-10(8)15-4-2-12(18,3-5-15)11(16)17/h6-7,18H,2-5H2,1H3,(H,16,17). The van der Waals surface area contributed by atoms with Crippen LogP contribution in [0.25, 0.3) is 0 Å². The molecule has 1 fully saturated rings. The minimum Gasteiger partial charge on any atom is -0.479 e. The van der Waals surface area contributed by atoms with Crippen LogP contribution in [-0.4, -0.2) is 39.9 Å². The summed E-state index contributed by atoms with van der Waals surface area (Å²) < 4.78 is 12.9. The van der Waals surface area contributed by atoms with Gasteiger partial charge in [0, 0.05) is 25.9 Å². The van der Waals surface area contributed by atoms with Crippen LogP contribution in [0, 0.1) is 12.7 Å². The SMILES string of the molecule is Cc1cc(F)cnc1N1CCC(O)(C(=O)O)CC1. The summed E-state index contributed by atoms with van der Waals surface area (Å²) in [6.07, 6.45) is 1.42. The smallest absolute Gasteiger partial charge is 0.335 e. The fourth-order valence-corrected chi connectivity index (χ4v) is 2.17. The number of aryl methyl sites for hydroxylation is 1. The van der Waals surface area contributed by atoms with Crippen molar-refractivity contribution in [3.05, 3.63) is 23.6 Å². The quantitative estimate of drug-likeness (QED) is 0.821. The van der Waals surface area contributed by atoms with Crippen LogP contribution in [0.2, 0.25) is 0 Å². The van der Waals surface area contributed by atoms with E-state index in [1.165, 1.54) is 6.07 Å². The van der Waals surface area contributed by atoms with Crippen molar-refractivity contribution in [3.8, 4) is 0 Å². The molecule has 0 spiro atoms. The predicted molar refractivity (Wildman–Crippen MR) is 63.0 cm³/mol. The lowest BCUT2D eigenvalue weighted by Crippen LogP contribution is -2.49. The average Bonchev–Trinajstić information content (AvgIpc) is 2.31. The maximum Gasteiger partial charge on any atom is 0.335 e. The molecule has 1 aromatic rings. The molecule has 0 saturated carbocycles. The lowest BCUT2D eigenvalue weighted by molar-refractivity contribution is -0.160. The first-order valence-electron chi connectivity index (χ1n) is 5.75. The number of halogens is 1. The highest BCUT2D eigenvalue weighted by molar-refractivity contribution is 5.77. The second kappa shape index (κ2) is 4.53. The van der Waals surface area contributed by atoms with Gasteiger partial charge in [0.05, 0.1) is 6.20 Å². The molecular weight excluding hydrogens is 239 g/mol. The van der Waals surface area contributed by atoms with E-state index in [1.54, 1.807) is 6.92 Å². The van der Waals surface area contributed by atoms with Crippen LogP contribution in [0.4, 0.5) is 10.2 Å². The van der Waals surface area contributed by atoms with Crippen LogP contribution >= 0.6 is 0 Å². The van der Waals surface area contributed by atoms with E-state index in [9.17, 15) is 14.3 Å². The monoisotopic (exact) mass is 254 g/mol. The lowest BCUT2D eigenvalue weighted by Gasteiger charge is -2.36. The third-order valence-corrected chi connectivity index (χ3v) is 3.31. The largest absolute Gasteiger partial charge is 0.479 e. The first-order chi connectivity index (χ1) is 8.42. The molecule has 1 aliphatic heterocycles. The van der Waals surface area contributed by atoms with Gasteiger partial charge in [-0.05, 0) is 18.6 Å². The molecule has 2 rings (SSSR count). The number of hydrogen-bond acceptors (Lipinski definition) is 4. The number of hydrogen-bond donors (Lipinski definition) is 2. The summed E-state index contributed by atoms with van der Waals surface area (Å²) in [6.45, 7) is 2.54. The van der Waals surface area contributed by atoms with E-state index >= 15 is 0 Å². The summed E-state index contributed by atoms with van der Waals surface area (Å²) in [4.78, 5) is 16.8. The number of carbonyl (C=O) groups is 1. The Bertz CT molecular complexity index is 470. The molecule has 18 heavy (non-hydrogen) atoms. The molecule has 0 aliphatic carbocycles. The molecule has 0 aromatic carbocycles. The normalized spacial score (nSPS) is 18.7. The lowest BCUT2D eigenvalue weighted by atomic mass is 9.91. The van der Waals surface area contributed by atoms with Gasteiger partial charge in [-0.2, -0.15) is 0 Å². The Morgan fingerprint density at radius 3 is 2.61 bits per heavy atom. The van der Waals surface area contributed by atoms with Crippen LogP contribution in [0.3, 0.4) is 0 Å². The van der Waals surface area contributed by atoms with Crippen molar-refractivity contribution in [2.75, 3.05) is 18.0 Å². The molecule has 0 radical (unpaired) electrons. The van der Waals surface area contributed by atoms with E-state index < -0.39 is 17.4 Å². The zero-order valence-electron chi connectivity index (χ0n) is 10.1. The summed E-state index contributed by atoms with van der Waals surface area (Å²) in [6, 6.07) is 1.39.